The number of thiophene rings is 1. The fourth-order valence-electron chi connectivity index (χ4n) is 2.14. The first-order chi connectivity index (χ1) is 11.5. The predicted octanol–water partition coefficient (Wildman–Crippen LogP) is 2.60. The summed E-state index contributed by atoms with van der Waals surface area (Å²) in [6, 6.07) is 11.4. The van der Waals surface area contributed by atoms with Crippen LogP contribution in [-0.2, 0) is 16.1 Å². The third kappa shape index (κ3) is 5.09. The Morgan fingerprint density at radius 2 is 1.83 bits per heavy atom. The summed E-state index contributed by atoms with van der Waals surface area (Å²) >= 11 is 1.60. The van der Waals surface area contributed by atoms with Crippen LogP contribution < -0.4 is 15.4 Å². The highest BCUT2D eigenvalue weighted by Gasteiger charge is 2.17. The Morgan fingerprint density at radius 3 is 2.42 bits per heavy atom. The van der Waals surface area contributed by atoms with Gasteiger partial charge in [-0.25, -0.2) is 0 Å². The van der Waals surface area contributed by atoms with Gasteiger partial charge in [0.1, 0.15) is 5.75 Å². The molecule has 6 heteroatoms. The molecule has 1 aromatic heterocycles. The molecule has 24 heavy (non-hydrogen) atoms. The largest absolute Gasteiger partial charge is 0.497 e. The van der Waals surface area contributed by atoms with Crippen LogP contribution in [0.3, 0.4) is 0 Å². The SMILES string of the molecule is COc1ccc(CNC(=O)CNC(=O)[C@@H](C)c2ccc(C)s2)cc1. The zero-order valence-corrected chi connectivity index (χ0v) is 14.9. The fraction of sp³-hybridized carbons (Fsp3) is 0.333. The van der Waals surface area contributed by atoms with E-state index in [4.69, 9.17) is 4.74 Å². The maximum absolute atomic E-state index is 12.1. The Kier molecular flexibility index (Phi) is 6.37. The second kappa shape index (κ2) is 8.49. The van der Waals surface area contributed by atoms with Crippen molar-refractivity contribution >= 4 is 23.2 Å². The zero-order valence-electron chi connectivity index (χ0n) is 14.1. The van der Waals surface area contributed by atoms with Gasteiger partial charge >= 0.3 is 0 Å². The van der Waals surface area contributed by atoms with E-state index in [9.17, 15) is 9.59 Å². The molecule has 0 unspecified atom stereocenters. The molecule has 1 heterocycles. The molecule has 0 bridgehead atoms. The van der Waals surface area contributed by atoms with E-state index in [1.54, 1.807) is 18.4 Å². The molecule has 1 atom stereocenters. The summed E-state index contributed by atoms with van der Waals surface area (Å²) in [6.07, 6.45) is 0. The third-order valence-electron chi connectivity index (χ3n) is 3.65. The van der Waals surface area contributed by atoms with Crippen LogP contribution in [0.2, 0.25) is 0 Å². The summed E-state index contributed by atoms with van der Waals surface area (Å²) in [4.78, 5) is 26.1. The van der Waals surface area contributed by atoms with Gasteiger partial charge in [-0.05, 0) is 43.7 Å². The van der Waals surface area contributed by atoms with Gasteiger partial charge in [-0.15, -0.1) is 11.3 Å². The van der Waals surface area contributed by atoms with Gasteiger partial charge in [-0.3, -0.25) is 9.59 Å². The van der Waals surface area contributed by atoms with Crippen LogP contribution in [-0.4, -0.2) is 25.5 Å². The van der Waals surface area contributed by atoms with E-state index >= 15 is 0 Å². The first-order valence-corrected chi connectivity index (χ1v) is 8.55. The number of aryl methyl sites for hydroxylation is 1. The quantitative estimate of drug-likeness (QED) is 0.810. The Morgan fingerprint density at radius 1 is 1.12 bits per heavy atom. The molecule has 2 N–H and O–H groups in total. The maximum atomic E-state index is 12.1. The second-order valence-corrected chi connectivity index (χ2v) is 6.83. The average molecular weight is 346 g/mol. The number of hydrogen-bond donors (Lipinski definition) is 2. The van der Waals surface area contributed by atoms with E-state index < -0.39 is 0 Å². The van der Waals surface area contributed by atoms with Crippen LogP contribution in [0.1, 0.15) is 28.2 Å². The van der Waals surface area contributed by atoms with Gasteiger partial charge in [-0.2, -0.15) is 0 Å². The van der Waals surface area contributed by atoms with Crippen molar-refractivity contribution in [1.82, 2.24) is 10.6 Å². The summed E-state index contributed by atoms with van der Waals surface area (Å²) in [5.74, 6) is 0.165. The number of nitrogens with one attached hydrogen (secondary N) is 2. The topological polar surface area (TPSA) is 67.4 Å². The number of rotatable bonds is 7. The van der Waals surface area contributed by atoms with Crippen LogP contribution in [0.5, 0.6) is 5.75 Å². The number of ether oxygens (including phenoxy) is 1. The number of hydrogen-bond acceptors (Lipinski definition) is 4. The minimum absolute atomic E-state index is 0.0241. The van der Waals surface area contributed by atoms with E-state index in [1.165, 1.54) is 4.88 Å². The van der Waals surface area contributed by atoms with Crippen LogP contribution in [0, 0.1) is 6.92 Å². The summed E-state index contributed by atoms with van der Waals surface area (Å²) < 4.78 is 5.09. The molecule has 5 nitrogen and oxygen atoms in total. The zero-order chi connectivity index (χ0) is 17.5. The Balaban J connectivity index is 1.74. The highest BCUT2D eigenvalue weighted by atomic mass is 32.1. The molecule has 2 aromatic rings. The highest BCUT2D eigenvalue weighted by Crippen LogP contribution is 2.24. The van der Waals surface area contributed by atoms with Gasteiger partial charge in [0.15, 0.2) is 0 Å². The van der Waals surface area contributed by atoms with Gasteiger partial charge in [0.05, 0.1) is 19.6 Å². The fourth-order valence-corrected chi connectivity index (χ4v) is 3.07. The third-order valence-corrected chi connectivity index (χ3v) is 4.84. The lowest BCUT2D eigenvalue weighted by atomic mass is 10.1. The van der Waals surface area contributed by atoms with E-state index in [2.05, 4.69) is 10.6 Å². The second-order valence-electron chi connectivity index (χ2n) is 5.51. The van der Waals surface area contributed by atoms with Crippen molar-refractivity contribution in [3.05, 3.63) is 51.7 Å². The molecule has 0 aliphatic rings. The van der Waals surface area contributed by atoms with Crippen molar-refractivity contribution in [3.8, 4) is 5.75 Å². The molecule has 1 aromatic carbocycles. The van der Waals surface area contributed by atoms with Crippen molar-refractivity contribution < 1.29 is 14.3 Å². The molecule has 2 amide bonds. The molecule has 2 rings (SSSR count). The number of carbonyl (C=O) groups is 2. The highest BCUT2D eigenvalue weighted by molar-refractivity contribution is 7.12. The smallest absolute Gasteiger partial charge is 0.239 e. The number of benzene rings is 1. The monoisotopic (exact) mass is 346 g/mol. The number of methoxy groups -OCH3 is 1. The van der Waals surface area contributed by atoms with Crippen molar-refractivity contribution in [2.45, 2.75) is 26.3 Å². The normalized spacial score (nSPS) is 11.6. The first-order valence-electron chi connectivity index (χ1n) is 7.73. The predicted molar refractivity (Wildman–Crippen MR) is 95.3 cm³/mol. The number of carbonyl (C=O) groups excluding carboxylic acids is 2. The molecule has 0 fully saturated rings. The van der Waals surface area contributed by atoms with Crippen molar-refractivity contribution in [1.29, 1.82) is 0 Å². The van der Waals surface area contributed by atoms with Gasteiger partial charge in [-0.1, -0.05) is 12.1 Å². The molecule has 0 radical (unpaired) electrons. The van der Waals surface area contributed by atoms with E-state index in [0.717, 1.165) is 16.2 Å². The standard InChI is InChI=1S/C18H22N2O3S/c1-12-4-9-16(24-12)13(2)18(22)20-11-17(21)19-10-14-5-7-15(23-3)8-6-14/h4-9,13H,10-11H2,1-3H3,(H,19,21)(H,20,22)/t13-/m0/s1. The molecule has 0 aliphatic heterocycles. The Hall–Kier alpha value is -2.34. The molecule has 0 saturated heterocycles. The lowest BCUT2D eigenvalue weighted by Crippen LogP contribution is -2.38. The van der Waals surface area contributed by atoms with E-state index in [-0.39, 0.29) is 24.3 Å². The lowest BCUT2D eigenvalue weighted by Gasteiger charge is -2.11. The molecule has 128 valence electrons. The van der Waals surface area contributed by atoms with Crippen LogP contribution >= 0.6 is 11.3 Å². The molecular weight excluding hydrogens is 324 g/mol. The van der Waals surface area contributed by atoms with Crippen molar-refractivity contribution in [2.75, 3.05) is 13.7 Å². The minimum atomic E-state index is -0.252. The van der Waals surface area contributed by atoms with Crippen LogP contribution in [0.4, 0.5) is 0 Å². The lowest BCUT2D eigenvalue weighted by molar-refractivity contribution is -0.126. The number of amides is 2. The Labute approximate surface area is 146 Å². The summed E-state index contributed by atoms with van der Waals surface area (Å²) in [5.41, 5.74) is 0.970. The summed E-state index contributed by atoms with van der Waals surface area (Å²) in [7, 11) is 1.61. The van der Waals surface area contributed by atoms with Gasteiger partial charge in [0.25, 0.3) is 0 Å². The van der Waals surface area contributed by atoms with E-state index in [0.29, 0.717) is 6.54 Å². The molecular formula is C18H22N2O3S. The van der Waals surface area contributed by atoms with Crippen LogP contribution in [0.25, 0.3) is 0 Å². The molecule has 0 aliphatic carbocycles. The van der Waals surface area contributed by atoms with Gasteiger partial charge < -0.3 is 15.4 Å². The average Bonchev–Trinajstić information content (AvgIpc) is 3.04. The molecule has 0 saturated carbocycles. The summed E-state index contributed by atoms with van der Waals surface area (Å²) in [6.45, 7) is 4.24. The van der Waals surface area contributed by atoms with Gasteiger partial charge in [0, 0.05) is 16.3 Å². The van der Waals surface area contributed by atoms with Gasteiger partial charge in [0.2, 0.25) is 11.8 Å². The van der Waals surface area contributed by atoms with Crippen molar-refractivity contribution in [2.24, 2.45) is 0 Å². The maximum Gasteiger partial charge on any atom is 0.239 e. The minimum Gasteiger partial charge on any atom is -0.497 e. The molecule has 0 spiro atoms. The first kappa shape index (κ1) is 18.0. The summed E-state index contributed by atoms with van der Waals surface area (Å²) in [5, 5.41) is 5.46. The van der Waals surface area contributed by atoms with Crippen molar-refractivity contribution in [3.63, 3.8) is 0 Å². The van der Waals surface area contributed by atoms with E-state index in [1.807, 2.05) is 50.2 Å². The Bertz CT molecular complexity index is 695. The van der Waals surface area contributed by atoms with Crippen LogP contribution in [0.15, 0.2) is 36.4 Å².